The van der Waals surface area contributed by atoms with Crippen LogP contribution in [0.4, 0.5) is 5.69 Å². The smallest absolute Gasteiger partial charge is 0.112 e. The van der Waals surface area contributed by atoms with Gasteiger partial charge in [-0.25, -0.2) is 0 Å². The van der Waals surface area contributed by atoms with Crippen LogP contribution in [0.5, 0.6) is 0 Å². The lowest BCUT2D eigenvalue weighted by Crippen LogP contribution is -2.33. The standard InChI is InChI=1S/C14H13BrN4/c15-11-7-12-14(18-9-11)13(1-4-17-12)19-5-2-10(8-16)3-6-19/h1,4,7,9-10H,2-3,5-6H2. The molecule has 0 atom stereocenters. The Labute approximate surface area is 120 Å². The molecule has 1 fully saturated rings. The Morgan fingerprint density at radius 3 is 2.84 bits per heavy atom. The van der Waals surface area contributed by atoms with Crippen LogP contribution in [-0.4, -0.2) is 23.1 Å². The first-order valence-corrected chi connectivity index (χ1v) is 7.12. The van der Waals surface area contributed by atoms with Crippen LogP contribution >= 0.6 is 15.9 Å². The lowest BCUT2D eigenvalue weighted by molar-refractivity contribution is 0.488. The van der Waals surface area contributed by atoms with Crippen LogP contribution < -0.4 is 4.90 Å². The number of aromatic nitrogens is 2. The highest BCUT2D eigenvalue weighted by molar-refractivity contribution is 9.10. The van der Waals surface area contributed by atoms with Gasteiger partial charge in [0.15, 0.2) is 0 Å². The molecule has 4 nitrogen and oxygen atoms in total. The number of anilines is 1. The summed E-state index contributed by atoms with van der Waals surface area (Å²) in [6.07, 6.45) is 5.48. The second-order valence-electron chi connectivity index (χ2n) is 4.74. The molecule has 1 aliphatic heterocycles. The van der Waals surface area contributed by atoms with Gasteiger partial charge in [0.1, 0.15) is 5.52 Å². The lowest BCUT2D eigenvalue weighted by atomic mass is 9.98. The molecule has 0 saturated carbocycles. The zero-order valence-corrected chi connectivity index (χ0v) is 12.0. The molecule has 19 heavy (non-hydrogen) atoms. The molecule has 0 amide bonds. The number of nitrogens with zero attached hydrogens (tertiary/aromatic N) is 4. The Morgan fingerprint density at radius 2 is 2.11 bits per heavy atom. The molecule has 2 aromatic rings. The summed E-state index contributed by atoms with van der Waals surface area (Å²) in [5, 5.41) is 8.95. The van der Waals surface area contributed by atoms with Crippen LogP contribution in [0, 0.1) is 17.2 Å². The Kier molecular flexibility index (Phi) is 3.34. The second-order valence-corrected chi connectivity index (χ2v) is 5.66. The van der Waals surface area contributed by atoms with Crippen molar-refractivity contribution in [1.82, 2.24) is 9.97 Å². The van der Waals surface area contributed by atoms with E-state index in [2.05, 4.69) is 36.9 Å². The van der Waals surface area contributed by atoms with Crippen molar-refractivity contribution in [3.05, 3.63) is 29.0 Å². The van der Waals surface area contributed by atoms with E-state index in [0.717, 1.165) is 47.1 Å². The van der Waals surface area contributed by atoms with Crippen LogP contribution in [0.2, 0.25) is 0 Å². The van der Waals surface area contributed by atoms with Crippen molar-refractivity contribution < 1.29 is 0 Å². The number of halogens is 1. The maximum absolute atomic E-state index is 8.95. The van der Waals surface area contributed by atoms with Gasteiger partial charge in [-0.3, -0.25) is 9.97 Å². The summed E-state index contributed by atoms with van der Waals surface area (Å²) in [6.45, 7) is 1.82. The van der Waals surface area contributed by atoms with Crippen molar-refractivity contribution >= 4 is 32.7 Å². The monoisotopic (exact) mass is 316 g/mol. The molecule has 2 aromatic heterocycles. The first-order chi connectivity index (χ1) is 9.28. The summed E-state index contributed by atoms with van der Waals surface area (Å²) < 4.78 is 0.938. The summed E-state index contributed by atoms with van der Waals surface area (Å²) in [6, 6.07) is 6.35. The van der Waals surface area contributed by atoms with Crippen molar-refractivity contribution in [2.75, 3.05) is 18.0 Å². The highest BCUT2D eigenvalue weighted by Crippen LogP contribution is 2.28. The van der Waals surface area contributed by atoms with Crippen molar-refractivity contribution in [1.29, 1.82) is 5.26 Å². The van der Waals surface area contributed by atoms with Crippen molar-refractivity contribution in [3.8, 4) is 6.07 Å². The van der Waals surface area contributed by atoms with Gasteiger partial charge in [0.25, 0.3) is 0 Å². The van der Waals surface area contributed by atoms with E-state index in [-0.39, 0.29) is 5.92 Å². The zero-order chi connectivity index (χ0) is 13.2. The van der Waals surface area contributed by atoms with Crippen LogP contribution in [0.25, 0.3) is 11.0 Å². The molecule has 0 aliphatic carbocycles. The summed E-state index contributed by atoms with van der Waals surface area (Å²) in [5.41, 5.74) is 2.95. The molecule has 0 unspecified atom stereocenters. The quantitative estimate of drug-likeness (QED) is 0.811. The largest absolute Gasteiger partial charge is 0.370 e. The fourth-order valence-corrected chi connectivity index (χ4v) is 2.82. The average molecular weight is 317 g/mol. The van der Waals surface area contributed by atoms with Crippen LogP contribution in [0.15, 0.2) is 29.0 Å². The van der Waals surface area contributed by atoms with Crippen molar-refractivity contribution in [2.24, 2.45) is 5.92 Å². The molecular weight excluding hydrogens is 304 g/mol. The topological polar surface area (TPSA) is 52.8 Å². The molecule has 3 heterocycles. The molecule has 96 valence electrons. The van der Waals surface area contributed by atoms with E-state index in [1.807, 2.05) is 18.3 Å². The van der Waals surface area contributed by atoms with Crippen molar-refractivity contribution in [2.45, 2.75) is 12.8 Å². The van der Waals surface area contributed by atoms with E-state index in [1.165, 1.54) is 0 Å². The maximum Gasteiger partial charge on any atom is 0.112 e. The lowest BCUT2D eigenvalue weighted by Gasteiger charge is -2.31. The number of pyridine rings is 2. The minimum Gasteiger partial charge on any atom is -0.370 e. The fourth-order valence-electron chi connectivity index (χ4n) is 2.50. The number of hydrogen-bond acceptors (Lipinski definition) is 4. The number of fused-ring (bicyclic) bond motifs is 1. The molecule has 1 aliphatic rings. The van der Waals surface area contributed by atoms with Gasteiger partial charge in [-0.05, 0) is 40.9 Å². The van der Waals surface area contributed by atoms with Gasteiger partial charge in [-0.2, -0.15) is 5.26 Å². The Hall–Kier alpha value is -1.67. The summed E-state index contributed by atoms with van der Waals surface area (Å²) in [4.78, 5) is 11.1. The van der Waals surface area contributed by atoms with Crippen molar-refractivity contribution in [3.63, 3.8) is 0 Å². The van der Waals surface area contributed by atoms with Gasteiger partial charge in [0.2, 0.25) is 0 Å². The van der Waals surface area contributed by atoms with Gasteiger partial charge < -0.3 is 4.90 Å². The zero-order valence-electron chi connectivity index (χ0n) is 10.4. The van der Waals surface area contributed by atoms with E-state index in [4.69, 9.17) is 5.26 Å². The maximum atomic E-state index is 8.95. The highest BCUT2D eigenvalue weighted by atomic mass is 79.9. The third-order valence-corrected chi connectivity index (χ3v) is 3.97. The molecule has 0 radical (unpaired) electrons. The van der Waals surface area contributed by atoms with E-state index < -0.39 is 0 Å². The van der Waals surface area contributed by atoms with Gasteiger partial charge in [0.05, 0.1) is 17.3 Å². The van der Waals surface area contributed by atoms with Crippen LogP contribution in [0.3, 0.4) is 0 Å². The molecule has 5 heteroatoms. The minimum atomic E-state index is 0.200. The van der Waals surface area contributed by atoms with Gasteiger partial charge >= 0.3 is 0 Å². The molecule has 3 rings (SSSR count). The van der Waals surface area contributed by atoms with Crippen LogP contribution in [0.1, 0.15) is 12.8 Å². The van der Waals surface area contributed by atoms with Gasteiger partial charge in [-0.15, -0.1) is 0 Å². The first-order valence-electron chi connectivity index (χ1n) is 6.33. The average Bonchev–Trinajstić information content (AvgIpc) is 2.46. The normalized spacial score (nSPS) is 16.5. The van der Waals surface area contributed by atoms with E-state index >= 15 is 0 Å². The predicted octanol–water partition coefficient (Wildman–Crippen LogP) is 3.13. The Morgan fingerprint density at radius 1 is 1.32 bits per heavy atom. The predicted molar refractivity (Wildman–Crippen MR) is 77.8 cm³/mol. The van der Waals surface area contributed by atoms with E-state index in [9.17, 15) is 0 Å². The molecule has 0 aromatic carbocycles. The number of hydrogen-bond donors (Lipinski definition) is 0. The number of rotatable bonds is 1. The molecule has 0 bridgehead atoms. The SMILES string of the molecule is N#CC1CCN(c2ccnc3cc(Br)cnc23)CC1. The highest BCUT2D eigenvalue weighted by Gasteiger charge is 2.20. The number of piperidine rings is 1. The van der Waals surface area contributed by atoms with Gasteiger partial charge in [-0.1, -0.05) is 0 Å². The van der Waals surface area contributed by atoms with Crippen LogP contribution in [-0.2, 0) is 0 Å². The molecule has 1 saturated heterocycles. The number of nitriles is 1. The molecule has 0 N–H and O–H groups in total. The Balaban J connectivity index is 1.95. The molecular formula is C14H13BrN4. The second kappa shape index (κ2) is 5.14. The Bertz CT molecular complexity index is 641. The summed E-state index contributed by atoms with van der Waals surface area (Å²) in [7, 11) is 0. The van der Waals surface area contributed by atoms with E-state index in [1.54, 1.807) is 6.20 Å². The fraction of sp³-hybridized carbons (Fsp3) is 0.357. The summed E-state index contributed by atoms with van der Waals surface area (Å²) in [5.74, 6) is 0.200. The third-order valence-electron chi connectivity index (χ3n) is 3.54. The van der Waals surface area contributed by atoms with Gasteiger partial charge in [0, 0.05) is 35.9 Å². The minimum absolute atomic E-state index is 0.200. The van der Waals surface area contributed by atoms with E-state index in [0.29, 0.717) is 0 Å². The first kappa shape index (κ1) is 12.4. The third kappa shape index (κ3) is 2.41. The molecule has 0 spiro atoms. The summed E-state index contributed by atoms with van der Waals surface area (Å²) >= 11 is 3.42.